The molecule has 2 nitrogen and oxygen atoms in total. The summed E-state index contributed by atoms with van der Waals surface area (Å²) in [5.74, 6) is 0.0202. The van der Waals surface area contributed by atoms with Gasteiger partial charge in [-0.15, -0.1) is 0 Å². The van der Waals surface area contributed by atoms with Gasteiger partial charge in [-0.3, -0.25) is 4.79 Å². The highest BCUT2D eigenvalue weighted by molar-refractivity contribution is 5.75. The van der Waals surface area contributed by atoms with Crippen LogP contribution in [0.4, 0.5) is 0 Å². The van der Waals surface area contributed by atoms with Crippen molar-refractivity contribution in [3.05, 3.63) is 36.5 Å². The summed E-state index contributed by atoms with van der Waals surface area (Å²) in [5.41, 5.74) is 1.97. The van der Waals surface area contributed by atoms with Crippen LogP contribution in [-0.4, -0.2) is 11.1 Å². The molecule has 0 aromatic rings. The van der Waals surface area contributed by atoms with Crippen molar-refractivity contribution in [1.82, 2.24) is 0 Å². The average molecular weight is 302 g/mol. The molecule has 0 amide bonds. The van der Waals surface area contributed by atoms with Gasteiger partial charge in [0.2, 0.25) is 0 Å². The van der Waals surface area contributed by atoms with E-state index in [1.807, 2.05) is 13.0 Å². The molecule has 122 valence electrons. The zero-order chi connectivity index (χ0) is 16.5. The minimum absolute atomic E-state index is 0.0542. The summed E-state index contributed by atoms with van der Waals surface area (Å²) in [4.78, 5) is 11.9. The first-order valence-electron chi connectivity index (χ1n) is 8.46. The van der Waals surface area contributed by atoms with Crippen molar-refractivity contribution in [1.29, 1.82) is 0 Å². The van der Waals surface area contributed by atoms with Gasteiger partial charge in [0.25, 0.3) is 0 Å². The molecule has 0 heterocycles. The molecule has 0 aliphatic heterocycles. The lowest BCUT2D eigenvalue weighted by molar-refractivity contribution is -0.164. The lowest BCUT2D eigenvalue weighted by Crippen LogP contribution is -2.53. The number of rotatable bonds is 4. The molecule has 2 rings (SSSR count). The first-order chi connectivity index (χ1) is 10.3. The molecule has 0 aromatic carbocycles. The van der Waals surface area contributed by atoms with Crippen molar-refractivity contribution in [2.75, 3.05) is 0 Å². The Hall–Kier alpha value is -1.31. The lowest BCUT2D eigenvalue weighted by atomic mass is 9.46. The summed E-state index contributed by atoms with van der Waals surface area (Å²) < 4.78 is 0. The van der Waals surface area contributed by atoms with Crippen LogP contribution in [0.3, 0.4) is 0 Å². The maximum Gasteiger partial charge on any atom is 0.309 e. The van der Waals surface area contributed by atoms with Gasteiger partial charge in [0.05, 0.1) is 5.41 Å². The first-order valence-corrected chi connectivity index (χ1v) is 8.46. The Bertz CT molecular complexity index is 516. The van der Waals surface area contributed by atoms with Crippen LogP contribution in [0.2, 0.25) is 0 Å². The third kappa shape index (κ3) is 2.68. The minimum atomic E-state index is -0.618. The van der Waals surface area contributed by atoms with Crippen molar-refractivity contribution in [2.24, 2.45) is 22.7 Å². The molecular weight excluding hydrogens is 272 g/mol. The van der Waals surface area contributed by atoms with Gasteiger partial charge < -0.3 is 5.11 Å². The Labute approximate surface area is 135 Å². The maximum absolute atomic E-state index is 11.9. The number of hydrogen-bond acceptors (Lipinski definition) is 1. The van der Waals surface area contributed by atoms with Crippen molar-refractivity contribution in [3.63, 3.8) is 0 Å². The van der Waals surface area contributed by atoms with Gasteiger partial charge in [0.1, 0.15) is 0 Å². The minimum Gasteiger partial charge on any atom is -0.481 e. The first kappa shape index (κ1) is 17.1. The molecule has 4 atom stereocenters. The number of hydrogen-bond donors (Lipinski definition) is 1. The van der Waals surface area contributed by atoms with Gasteiger partial charge in [-0.05, 0) is 63.2 Å². The zero-order valence-electron chi connectivity index (χ0n) is 14.3. The Morgan fingerprint density at radius 2 is 2.09 bits per heavy atom. The molecule has 2 saturated carbocycles. The summed E-state index contributed by atoms with van der Waals surface area (Å²) in [5, 5.41) is 9.81. The molecule has 2 aliphatic rings. The molecule has 0 saturated heterocycles. The maximum atomic E-state index is 11.9. The Balaban J connectivity index is 2.36. The second-order valence-electron chi connectivity index (χ2n) is 7.77. The smallest absolute Gasteiger partial charge is 0.309 e. The summed E-state index contributed by atoms with van der Waals surface area (Å²) in [6.45, 7) is 14.5. The summed E-state index contributed by atoms with van der Waals surface area (Å²) in [7, 11) is 0. The largest absolute Gasteiger partial charge is 0.481 e. The van der Waals surface area contributed by atoms with Crippen LogP contribution < -0.4 is 0 Å². The molecule has 2 fully saturated rings. The van der Waals surface area contributed by atoms with Crippen LogP contribution in [0, 0.1) is 22.7 Å². The van der Waals surface area contributed by atoms with E-state index in [1.54, 1.807) is 0 Å². The average Bonchev–Trinajstić information content (AvgIpc) is 2.45. The third-order valence-electron chi connectivity index (χ3n) is 6.51. The van der Waals surface area contributed by atoms with Gasteiger partial charge in [-0.2, -0.15) is 0 Å². The van der Waals surface area contributed by atoms with Gasteiger partial charge in [-0.25, -0.2) is 0 Å². The van der Waals surface area contributed by atoms with Gasteiger partial charge >= 0.3 is 5.97 Å². The topological polar surface area (TPSA) is 37.3 Å². The molecule has 0 aromatic heterocycles. The molecule has 0 radical (unpaired) electrons. The number of carboxylic acids is 1. The second-order valence-corrected chi connectivity index (χ2v) is 7.77. The quantitative estimate of drug-likeness (QED) is 0.559. The molecule has 0 bridgehead atoms. The third-order valence-corrected chi connectivity index (χ3v) is 6.51. The number of aliphatic carboxylic acids is 1. The lowest BCUT2D eigenvalue weighted by Gasteiger charge is -2.57. The van der Waals surface area contributed by atoms with E-state index >= 15 is 0 Å². The SMILES string of the molecule is C=C/C(C)=C\C[C@H]1C(=C)CC[C@H]2[C@@]1(C)CCC[C@]2(C)C(=O)O. The molecule has 22 heavy (non-hydrogen) atoms. The highest BCUT2D eigenvalue weighted by Gasteiger charge is 2.57. The van der Waals surface area contributed by atoms with E-state index in [9.17, 15) is 9.90 Å². The van der Waals surface area contributed by atoms with Crippen molar-refractivity contribution >= 4 is 5.97 Å². The van der Waals surface area contributed by atoms with E-state index in [0.29, 0.717) is 5.92 Å². The number of carbonyl (C=O) groups is 1. The predicted octanol–water partition coefficient (Wildman–Crippen LogP) is 5.37. The fraction of sp³-hybridized carbons (Fsp3) is 0.650. The highest BCUT2D eigenvalue weighted by atomic mass is 16.4. The fourth-order valence-corrected chi connectivity index (χ4v) is 5.03. The standard InChI is InChI=1S/C20H30O2/c1-6-14(2)8-10-16-15(3)9-11-17-19(16,4)12-7-13-20(17,5)18(21)22/h6,8,16-17H,1,3,7,9-13H2,2,4-5H3,(H,21,22)/b14-8-/t16-,17-,19-,20-/m0/s1. The van der Waals surface area contributed by atoms with Crippen LogP contribution in [-0.2, 0) is 4.79 Å². The normalized spacial score (nSPS) is 39.2. The van der Waals surface area contributed by atoms with E-state index in [2.05, 4.69) is 33.1 Å². The van der Waals surface area contributed by atoms with Crippen LogP contribution in [0.15, 0.2) is 36.5 Å². The van der Waals surface area contributed by atoms with E-state index in [4.69, 9.17) is 0 Å². The Kier molecular flexibility index (Phi) is 4.70. The second kappa shape index (κ2) is 6.06. The van der Waals surface area contributed by atoms with E-state index < -0.39 is 11.4 Å². The summed E-state index contributed by atoms with van der Waals surface area (Å²) in [6.07, 6.45) is 9.95. The highest BCUT2D eigenvalue weighted by Crippen LogP contribution is 2.61. The van der Waals surface area contributed by atoms with Crippen molar-refractivity contribution in [2.45, 2.75) is 59.3 Å². The van der Waals surface area contributed by atoms with Gasteiger partial charge in [-0.1, -0.05) is 49.8 Å². The molecular formula is C20H30O2. The number of fused-ring (bicyclic) bond motifs is 1. The molecule has 2 aliphatic carbocycles. The van der Waals surface area contributed by atoms with E-state index in [1.165, 1.54) is 11.1 Å². The van der Waals surface area contributed by atoms with Crippen molar-refractivity contribution < 1.29 is 9.90 Å². The van der Waals surface area contributed by atoms with Crippen LogP contribution in [0.1, 0.15) is 59.3 Å². The van der Waals surface area contributed by atoms with Gasteiger partial charge in [0.15, 0.2) is 0 Å². The summed E-state index contributed by atoms with van der Waals surface area (Å²) in [6, 6.07) is 0. The molecule has 2 heteroatoms. The van der Waals surface area contributed by atoms with Crippen LogP contribution in [0.25, 0.3) is 0 Å². The Morgan fingerprint density at radius 1 is 1.41 bits per heavy atom. The molecule has 0 spiro atoms. The zero-order valence-corrected chi connectivity index (χ0v) is 14.3. The predicted molar refractivity (Wildman–Crippen MR) is 91.6 cm³/mol. The summed E-state index contributed by atoms with van der Waals surface area (Å²) >= 11 is 0. The van der Waals surface area contributed by atoms with Gasteiger partial charge in [0, 0.05) is 0 Å². The van der Waals surface area contributed by atoms with E-state index in [-0.39, 0.29) is 11.3 Å². The van der Waals surface area contributed by atoms with Crippen LogP contribution >= 0.6 is 0 Å². The number of carboxylic acid groups (broad SMARTS) is 1. The molecule has 0 unspecified atom stereocenters. The monoisotopic (exact) mass is 302 g/mol. The van der Waals surface area contributed by atoms with E-state index in [0.717, 1.165) is 38.5 Å². The fourth-order valence-electron chi connectivity index (χ4n) is 5.03. The number of allylic oxidation sites excluding steroid dienone is 4. The van der Waals surface area contributed by atoms with Crippen LogP contribution in [0.5, 0.6) is 0 Å². The Morgan fingerprint density at radius 3 is 2.68 bits per heavy atom. The van der Waals surface area contributed by atoms with Crippen molar-refractivity contribution in [3.8, 4) is 0 Å². The molecule has 1 N–H and O–H groups in total.